The van der Waals surface area contributed by atoms with Crippen LogP contribution in [0.4, 0.5) is 5.69 Å². The third-order valence-corrected chi connectivity index (χ3v) is 4.37. The van der Waals surface area contributed by atoms with Crippen LogP contribution in [0, 0.1) is 10.1 Å². The first-order valence-corrected chi connectivity index (χ1v) is 7.78. The minimum Gasteiger partial charge on any atom is -0.328 e. The lowest BCUT2D eigenvalue weighted by Gasteiger charge is -2.11. The lowest BCUT2D eigenvalue weighted by Crippen LogP contribution is -2.29. The van der Waals surface area contributed by atoms with Crippen molar-refractivity contribution in [1.82, 2.24) is 4.72 Å². The second-order valence-electron chi connectivity index (χ2n) is 4.57. The maximum atomic E-state index is 12.2. The molecule has 1 aromatic carbocycles. The number of non-ortho nitro benzene ring substituents is 1. The SMILES string of the molecule is CCc1ccc([N+](=O)[O-])cc1S(=O)(=O)NCCC(C)N. The van der Waals surface area contributed by atoms with Crippen LogP contribution in [0.5, 0.6) is 0 Å². The van der Waals surface area contributed by atoms with Gasteiger partial charge in [-0.05, 0) is 25.3 Å². The average Bonchev–Trinajstić information content (AvgIpc) is 2.37. The molecule has 0 spiro atoms. The highest BCUT2D eigenvalue weighted by Crippen LogP contribution is 2.22. The van der Waals surface area contributed by atoms with Gasteiger partial charge in [-0.3, -0.25) is 10.1 Å². The Hall–Kier alpha value is -1.51. The first-order chi connectivity index (χ1) is 9.27. The summed E-state index contributed by atoms with van der Waals surface area (Å²) in [6, 6.07) is 3.75. The van der Waals surface area contributed by atoms with Gasteiger partial charge in [0.15, 0.2) is 0 Å². The second kappa shape index (κ2) is 6.78. The maximum Gasteiger partial charge on any atom is 0.270 e. The molecule has 1 atom stereocenters. The molecule has 0 saturated heterocycles. The monoisotopic (exact) mass is 301 g/mol. The summed E-state index contributed by atoms with van der Waals surface area (Å²) in [7, 11) is -3.76. The van der Waals surface area contributed by atoms with Gasteiger partial charge in [0.1, 0.15) is 0 Å². The van der Waals surface area contributed by atoms with Crippen molar-refractivity contribution < 1.29 is 13.3 Å². The van der Waals surface area contributed by atoms with Gasteiger partial charge in [-0.15, -0.1) is 0 Å². The van der Waals surface area contributed by atoms with Crippen LogP contribution in [-0.4, -0.2) is 25.9 Å². The van der Waals surface area contributed by atoms with Crippen molar-refractivity contribution in [2.24, 2.45) is 5.73 Å². The normalized spacial score (nSPS) is 13.2. The van der Waals surface area contributed by atoms with Crippen molar-refractivity contribution >= 4 is 15.7 Å². The predicted octanol–water partition coefficient (Wildman–Crippen LogP) is 1.17. The molecule has 0 aromatic heterocycles. The number of nitro groups is 1. The Morgan fingerprint density at radius 1 is 1.45 bits per heavy atom. The molecular formula is C12H19N3O4S. The lowest BCUT2D eigenvalue weighted by molar-refractivity contribution is -0.385. The molecule has 7 nitrogen and oxygen atoms in total. The molecule has 0 amide bonds. The molecule has 0 aliphatic heterocycles. The summed E-state index contributed by atoms with van der Waals surface area (Å²) >= 11 is 0. The largest absolute Gasteiger partial charge is 0.328 e. The second-order valence-corrected chi connectivity index (χ2v) is 6.30. The lowest BCUT2D eigenvalue weighted by atomic mass is 10.1. The number of benzene rings is 1. The van der Waals surface area contributed by atoms with Gasteiger partial charge in [-0.2, -0.15) is 0 Å². The van der Waals surface area contributed by atoms with E-state index in [4.69, 9.17) is 5.73 Å². The summed E-state index contributed by atoms with van der Waals surface area (Å²) in [6.45, 7) is 3.77. The van der Waals surface area contributed by atoms with Crippen molar-refractivity contribution in [3.63, 3.8) is 0 Å². The van der Waals surface area contributed by atoms with Gasteiger partial charge in [0.2, 0.25) is 10.0 Å². The van der Waals surface area contributed by atoms with E-state index >= 15 is 0 Å². The highest BCUT2D eigenvalue weighted by molar-refractivity contribution is 7.89. The van der Waals surface area contributed by atoms with Crippen molar-refractivity contribution in [2.45, 2.75) is 37.6 Å². The Labute approximate surface area is 118 Å². The van der Waals surface area contributed by atoms with Crippen molar-refractivity contribution in [3.8, 4) is 0 Å². The van der Waals surface area contributed by atoms with Gasteiger partial charge >= 0.3 is 0 Å². The van der Waals surface area contributed by atoms with E-state index in [9.17, 15) is 18.5 Å². The Morgan fingerprint density at radius 3 is 2.60 bits per heavy atom. The third kappa shape index (κ3) is 4.26. The van der Waals surface area contributed by atoms with Crippen LogP contribution in [0.2, 0.25) is 0 Å². The first-order valence-electron chi connectivity index (χ1n) is 6.30. The third-order valence-electron chi connectivity index (χ3n) is 2.82. The van der Waals surface area contributed by atoms with Crippen LogP contribution in [-0.2, 0) is 16.4 Å². The predicted molar refractivity (Wildman–Crippen MR) is 75.9 cm³/mol. The van der Waals surface area contributed by atoms with Crippen LogP contribution in [0.25, 0.3) is 0 Å². The number of rotatable bonds is 7. The molecule has 0 saturated carbocycles. The minimum absolute atomic E-state index is 0.0427. The van der Waals surface area contributed by atoms with Crippen molar-refractivity contribution in [3.05, 3.63) is 33.9 Å². The van der Waals surface area contributed by atoms with E-state index in [1.54, 1.807) is 13.8 Å². The molecular weight excluding hydrogens is 282 g/mol. The summed E-state index contributed by atoms with van der Waals surface area (Å²) in [5.41, 5.74) is 5.86. The van der Waals surface area contributed by atoms with Crippen LogP contribution < -0.4 is 10.5 Å². The molecule has 0 bridgehead atoms. The Morgan fingerprint density at radius 2 is 2.10 bits per heavy atom. The molecule has 20 heavy (non-hydrogen) atoms. The summed E-state index contributed by atoms with van der Waals surface area (Å²) in [5.74, 6) is 0. The number of sulfonamides is 1. The molecule has 0 fully saturated rings. The number of nitrogens with one attached hydrogen (secondary N) is 1. The van der Waals surface area contributed by atoms with E-state index in [-0.39, 0.29) is 23.2 Å². The molecule has 3 N–H and O–H groups in total. The molecule has 1 unspecified atom stereocenters. The van der Waals surface area contributed by atoms with E-state index in [1.807, 2.05) is 0 Å². The maximum absolute atomic E-state index is 12.2. The van der Waals surface area contributed by atoms with Crippen molar-refractivity contribution in [2.75, 3.05) is 6.54 Å². The number of nitrogens with two attached hydrogens (primary N) is 1. The van der Waals surface area contributed by atoms with E-state index in [2.05, 4.69) is 4.72 Å². The number of nitro benzene ring substituents is 1. The van der Waals surface area contributed by atoms with E-state index < -0.39 is 14.9 Å². The number of nitrogens with zero attached hydrogens (tertiary/aromatic N) is 1. The molecule has 0 aliphatic rings. The zero-order valence-electron chi connectivity index (χ0n) is 11.5. The van der Waals surface area contributed by atoms with E-state index in [0.717, 1.165) is 6.07 Å². The fourth-order valence-electron chi connectivity index (χ4n) is 1.70. The highest BCUT2D eigenvalue weighted by atomic mass is 32.2. The van der Waals surface area contributed by atoms with Crippen molar-refractivity contribution in [1.29, 1.82) is 0 Å². The van der Waals surface area contributed by atoms with Crippen LogP contribution in [0.15, 0.2) is 23.1 Å². The molecule has 1 rings (SSSR count). The summed E-state index contributed by atoms with van der Waals surface area (Å²) < 4.78 is 26.8. The van der Waals surface area contributed by atoms with Gasteiger partial charge in [-0.25, -0.2) is 13.1 Å². The molecule has 0 radical (unpaired) electrons. The smallest absolute Gasteiger partial charge is 0.270 e. The quantitative estimate of drug-likeness (QED) is 0.579. The highest BCUT2D eigenvalue weighted by Gasteiger charge is 2.21. The van der Waals surface area contributed by atoms with Crippen LogP contribution in [0.3, 0.4) is 0 Å². The molecule has 0 heterocycles. The zero-order chi connectivity index (χ0) is 15.3. The molecule has 8 heteroatoms. The summed E-state index contributed by atoms with van der Waals surface area (Å²) in [5, 5.41) is 10.8. The summed E-state index contributed by atoms with van der Waals surface area (Å²) in [4.78, 5) is 10.1. The van der Waals surface area contributed by atoms with E-state index in [0.29, 0.717) is 18.4 Å². The standard InChI is InChI=1S/C12H19N3O4S/c1-3-10-4-5-11(15(16)17)8-12(10)20(18,19)14-7-6-9(2)13/h4-5,8-9,14H,3,6-7,13H2,1-2H3. The topological polar surface area (TPSA) is 115 Å². The van der Waals surface area contributed by atoms with Gasteiger partial charge in [0.25, 0.3) is 5.69 Å². The molecule has 112 valence electrons. The minimum atomic E-state index is -3.76. The van der Waals surface area contributed by atoms with Crippen LogP contribution in [0.1, 0.15) is 25.8 Å². The molecule has 1 aromatic rings. The van der Waals surface area contributed by atoms with Gasteiger partial charge < -0.3 is 5.73 Å². The number of hydrogen-bond donors (Lipinski definition) is 2. The average molecular weight is 301 g/mol. The Bertz CT molecular complexity index is 584. The van der Waals surface area contributed by atoms with Gasteiger partial charge in [0, 0.05) is 24.7 Å². The molecule has 0 aliphatic carbocycles. The van der Waals surface area contributed by atoms with Crippen LogP contribution >= 0.6 is 0 Å². The van der Waals surface area contributed by atoms with E-state index in [1.165, 1.54) is 12.1 Å². The first kappa shape index (κ1) is 16.5. The number of hydrogen-bond acceptors (Lipinski definition) is 5. The summed E-state index contributed by atoms with van der Waals surface area (Å²) in [6.07, 6.45) is 0.969. The number of aryl methyl sites for hydroxylation is 1. The van der Waals surface area contributed by atoms with Gasteiger partial charge in [-0.1, -0.05) is 13.0 Å². The fourth-order valence-corrected chi connectivity index (χ4v) is 3.07. The fraction of sp³-hybridized carbons (Fsp3) is 0.500. The Kier molecular flexibility index (Phi) is 5.61. The zero-order valence-corrected chi connectivity index (χ0v) is 12.3. The van der Waals surface area contributed by atoms with Gasteiger partial charge in [0.05, 0.1) is 9.82 Å². The Balaban J connectivity index is 3.08.